The second-order valence-electron chi connectivity index (χ2n) is 3.95. The Labute approximate surface area is 129 Å². The monoisotopic (exact) mass is 355 g/mol. The summed E-state index contributed by atoms with van der Waals surface area (Å²) in [4.78, 5) is 11.5. The molecule has 0 amide bonds. The van der Waals surface area contributed by atoms with Crippen LogP contribution in [-0.4, -0.2) is 43.2 Å². The van der Waals surface area contributed by atoms with Gasteiger partial charge >= 0.3 is 0 Å². The maximum Gasteiger partial charge on any atom is 0.250 e. The molecule has 1 rings (SSSR count). The van der Waals surface area contributed by atoms with E-state index in [9.17, 15) is 22.0 Å². The van der Waals surface area contributed by atoms with Crippen LogP contribution in [0.3, 0.4) is 0 Å². The number of Topliss-reactive ketones (excluding diaryl/α,β-unsaturated/α-hetero) is 1. The third-order valence-corrected chi connectivity index (χ3v) is 5.88. The number of rotatable bonds is 9. The summed E-state index contributed by atoms with van der Waals surface area (Å²) in [6.45, 7) is 1.76. The quantitative estimate of drug-likeness (QED) is 0.377. The van der Waals surface area contributed by atoms with Crippen molar-refractivity contribution in [1.82, 2.24) is 4.72 Å². The first kappa shape index (κ1) is 18.2. The summed E-state index contributed by atoms with van der Waals surface area (Å²) in [5.41, 5.74) is -0.0489. The van der Waals surface area contributed by atoms with Crippen molar-refractivity contribution in [2.45, 2.75) is 17.6 Å². The zero-order chi connectivity index (χ0) is 16.0. The molecular weight excluding hydrogens is 340 g/mol. The number of carbonyl (C=O) groups excluding carboxylic acids is 1. The predicted octanol–water partition coefficient (Wildman–Crippen LogP) is 0.472. The van der Waals surface area contributed by atoms with Gasteiger partial charge in [-0.05, 0) is 19.4 Å². The molecule has 0 aliphatic heterocycles. The molecule has 8 nitrogen and oxygen atoms in total. The summed E-state index contributed by atoms with van der Waals surface area (Å²) >= 11 is -1.91. The molecular formula is C10H15N2O6S3-. The second-order valence-corrected chi connectivity index (χ2v) is 7.64. The van der Waals surface area contributed by atoms with Crippen molar-refractivity contribution in [2.24, 2.45) is 0 Å². The van der Waals surface area contributed by atoms with E-state index in [1.54, 1.807) is 0 Å². The zero-order valence-electron chi connectivity index (χ0n) is 11.4. The first-order chi connectivity index (χ1) is 9.77. The molecule has 2 N–H and O–H groups in total. The van der Waals surface area contributed by atoms with E-state index in [1.165, 1.54) is 20.1 Å². The van der Waals surface area contributed by atoms with E-state index >= 15 is 0 Å². The highest BCUT2D eigenvalue weighted by Crippen LogP contribution is 2.31. The molecule has 1 aromatic rings. The molecule has 1 unspecified atom stereocenters. The third kappa shape index (κ3) is 5.45. The molecule has 0 fully saturated rings. The summed E-state index contributed by atoms with van der Waals surface area (Å²) in [7, 11) is -2.38. The molecule has 0 radical (unpaired) electrons. The van der Waals surface area contributed by atoms with E-state index in [-0.39, 0.29) is 21.3 Å². The largest absolute Gasteiger partial charge is 0.755 e. The van der Waals surface area contributed by atoms with Gasteiger partial charge in [0.15, 0.2) is 5.78 Å². The minimum atomic E-state index is -3.88. The van der Waals surface area contributed by atoms with Crippen LogP contribution in [0.15, 0.2) is 10.3 Å². The molecule has 0 bridgehead atoms. The number of methoxy groups -OCH3 is 1. The van der Waals surface area contributed by atoms with Gasteiger partial charge in [0.2, 0.25) is 0 Å². The molecule has 21 heavy (non-hydrogen) atoms. The van der Waals surface area contributed by atoms with E-state index in [2.05, 4.69) is 4.72 Å². The number of hydrogen-bond donors (Lipinski definition) is 2. The van der Waals surface area contributed by atoms with Crippen LogP contribution in [-0.2, 0) is 26.0 Å². The Hall–Kier alpha value is -0.850. The molecule has 1 heterocycles. The Kier molecular flexibility index (Phi) is 6.90. The van der Waals surface area contributed by atoms with Gasteiger partial charge in [-0.2, -0.15) is 0 Å². The number of anilines is 1. The molecule has 120 valence electrons. The fourth-order valence-corrected chi connectivity index (χ4v) is 4.64. The predicted molar refractivity (Wildman–Crippen MR) is 78.5 cm³/mol. The Morgan fingerprint density at radius 3 is 2.71 bits per heavy atom. The second kappa shape index (κ2) is 7.96. The van der Waals surface area contributed by atoms with Crippen LogP contribution in [0.5, 0.6) is 0 Å². The van der Waals surface area contributed by atoms with E-state index in [0.29, 0.717) is 24.4 Å². The summed E-state index contributed by atoms with van der Waals surface area (Å²) in [6.07, 6.45) is 0.478. The third-order valence-electron chi connectivity index (χ3n) is 2.32. The van der Waals surface area contributed by atoms with Gasteiger partial charge in [0.1, 0.15) is 9.21 Å². The lowest BCUT2D eigenvalue weighted by molar-refractivity contribution is 0.101. The fraction of sp³-hybridized carbons (Fsp3) is 0.500. The van der Waals surface area contributed by atoms with Crippen molar-refractivity contribution in [2.75, 3.05) is 25.0 Å². The topological polar surface area (TPSA) is 125 Å². The highest BCUT2D eigenvalue weighted by atomic mass is 32.2. The van der Waals surface area contributed by atoms with Crippen molar-refractivity contribution >= 4 is 43.4 Å². The number of thiophene rings is 1. The Bertz CT molecular complexity index is 625. The standard InChI is InChI=1S/C10H16N2O6S3/c1-7(13)8-6-9(12-20(14)15)19-10(8)21(16,17)11-4-3-5-18-2/h6,11-12H,3-5H2,1-2H3,(H,14,15)/p-1. The minimum Gasteiger partial charge on any atom is -0.755 e. The normalized spacial score (nSPS) is 13.1. The first-order valence-electron chi connectivity index (χ1n) is 5.77. The van der Waals surface area contributed by atoms with E-state index in [0.717, 1.165) is 0 Å². The van der Waals surface area contributed by atoms with Gasteiger partial charge in [0.05, 0.1) is 5.56 Å². The van der Waals surface area contributed by atoms with Crippen molar-refractivity contribution in [3.05, 3.63) is 11.6 Å². The van der Waals surface area contributed by atoms with E-state index in [1.807, 2.05) is 4.72 Å². The smallest absolute Gasteiger partial charge is 0.250 e. The summed E-state index contributed by atoms with van der Waals surface area (Å²) in [6, 6.07) is 1.20. The van der Waals surface area contributed by atoms with Crippen LogP contribution in [0.25, 0.3) is 0 Å². The lowest BCUT2D eigenvalue weighted by Gasteiger charge is -2.06. The van der Waals surface area contributed by atoms with E-state index in [4.69, 9.17) is 4.74 Å². The summed E-state index contributed by atoms with van der Waals surface area (Å²) in [5.74, 6) is -0.465. The minimum absolute atomic E-state index is 0.0489. The molecule has 0 aliphatic rings. The highest BCUT2D eigenvalue weighted by Gasteiger charge is 2.24. The van der Waals surface area contributed by atoms with Crippen molar-refractivity contribution < 1.29 is 26.7 Å². The van der Waals surface area contributed by atoms with Gasteiger partial charge in [-0.1, -0.05) is 0 Å². The van der Waals surface area contributed by atoms with Crippen LogP contribution in [0, 0.1) is 0 Å². The number of carbonyl (C=O) groups is 1. The SMILES string of the molecule is COCCCNS(=O)(=O)c1sc(NS(=O)[O-])cc1C(C)=O. The zero-order valence-corrected chi connectivity index (χ0v) is 13.8. The van der Waals surface area contributed by atoms with Crippen molar-refractivity contribution in [3.8, 4) is 0 Å². The number of ketones is 1. The summed E-state index contributed by atoms with van der Waals surface area (Å²) in [5, 5.41) is 0.0609. The maximum absolute atomic E-state index is 12.1. The lowest BCUT2D eigenvalue weighted by Crippen LogP contribution is -2.25. The highest BCUT2D eigenvalue weighted by molar-refractivity contribution is 7.91. The van der Waals surface area contributed by atoms with Gasteiger partial charge in [-0.25, -0.2) is 13.1 Å². The number of sulfonamides is 1. The van der Waals surface area contributed by atoms with Gasteiger partial charge in [0, 0.05) is 31.5 Å². The first-order valence-corrected chi connectivity index (χ1v) is 9.14. The Morgan fingerprint density at radius 1 is 1.52 bits per heavy atom. The van der Waals surface area contributed by atoms with Gasteiger partial charge in [-0.3, -0.25) is 9.00 Å². The Morgan fingerprint density at radius 2 is 2.19 bits per heavy atom. The molecule has 1 atom stereocenters. The molecule has 0 saturated carbocycles. The fourth-order valence-electron chi connectivity index (χ4n) is 1.44. The molecule has 1 aromatic heterocycles. The number of ether oxygens (including phenoxy) is 1. The maximum atomic E-state index is 12.1. The van der Waals surface area contributed by atoms with Crippen LogP contribution < -0.4 is 9.44 Å². The van der Waals surface area contributed by atoms with Gasteiger partial charge in [0.25, 0.3) is 10.0 Å². The lowest BCUT2D eigenvalue weighted by atomic mass is 10.2. The van der Waals surface area contributed by atoms with Gasteiger partial charge in [-0.15, -0.1) is 11.3 Å². The number of hydrogen-bond acceptors (Lipinski definition) is 7. The van der Waals surface area contributed by atoms with Gasteiger partial charge < -0.3 is 14.0 Å². The van der Waals surface area contributed by atoms with Crippen LogP contribution >= 0.6 is 11.3 Å². The average Bonchev–Trinajstić information content (AvgIpc) is 2.79. The molecule has 0 saturated heterocycles. The molecule has 0 aliphatic carbocycles. The molecule has 0 spiro atoms. The average molecular weight is 355 g/mol. The summed E-state index contributed by atoms with van der Waals surface area (Å²) < 4.78 is 54.4. The van der Waals surface area contributed by atoms with Crippen LogP contribution in [0.4, 0.5) is 5.00 Å². The van der Waals surface area contributed by atoms with Crippen molar-refractivity contribution in [1.29, 1.82) is 0 Å². The molecule has 0 aromatic carbocycles. The molecule has 11 heteroatoms. The van der Waals surface area contributed by atoms with Crippen molar-refractivity contribution in [3.63, 3.8) is 0 Å². The Balaban J connectivity index is 3.00. The van der Waals surface area contributed by atoms with Crippen LogP contribution in [0.2, 0.25) is 0 Å². The van der Waals surface area contributed by atoms with E-state index < -0.39 is 27.1 Å². The van der Waals surface area contributed by atoms with Crippen LogP contribution in [0.1, 0.15) is 23.7 Å². The number of nitrogens with one attached hydrogen (secondary N) is 2.